The van der Waals surface area contributed by atoms with Crippen LogP contribution in [0.3, 0.4) is 0 Å². The summed E-state index contributed by atoms with van der Waals surface area (Å²) in [7, 11) is 3.19. The van der Waals surface area contributed by atoms with Crippen LogP contribution in [0, 0.1) is 5.92 Å². The van der Waals surface area contributed by atoms with Gasteiger partial charge < -0.3 is 20.1 Å². The summed E-state index contributed by atoms with van der Waals surface area (Å²) in [6.07, 6.45) is 6.94. The Morgan fingerprint density at radius 3 is 2.37 bits per heavy atom. The third-order valence-corrected chi connectivity index (χ3v) is 5.52. The number of hydrogen-bond donors (Lipinski definition) is 2. The number of carbonyl (C=O) groups excluding carboxylic acids is 1. The number of hydrogen-bond acceptors (Lipinski definition) is 6. The van der Waals surface area contributed by atoms with Gasteiger partial charge in [-0.2, -0.15) is 0 Å². The molecule has 7 heteroatoms. The fourth-order valence-corrected chi connectivity index (χ4v) is 3.94. The fraction of sp³-hybridized carbons (Fsp3) is 0.348. The van der Waals surface area contributed by atoms with E-state index in [0.29, 0.717) is 29.7 Å². The van der Waals surface area contributed by atoms with E-state index in [-0.39, 0.29) is 5.91 Å². The zero-order valence-corrected chi connectivity index (χ0v) is 17.3. The molecule has 1 aromatic heterocycles. The normalized spacial score (nSPS) is 13.9. The lowest BCUT2D eigenvalue weighted by Gasteiger charge is -2.13. The summed E-state index contributed by atoms with van der Waals surface area (Å²) >= 11 is 0. The first kappa shape index (κ1) is 19.9. The minimum Gasteiger partial charge on any atom is -0.493 e. The highest BCUT2D eigenvalue weighted by molar-refractivity contribution is 5.93. The van der Waals surface area contributed by atoms with E-state index in [9.17, 15) is 4.79 Å². The summed E-state index contributed by atoms with van der Waals surface area (Å²) in [5, 5.41) is 7.13. The average Bonchev–Trinajstić information content (AvgIpc) is 3.27. The lowest BCUT2D eigenvalue weighted by atomic mass is 10.0. The second-order valence-electron chi connectivity index (χ2n) is 7.55. The molecule has 1 heterocycles. The first-order chi connectivity index (χ1) is 14.7. The van der Waals surface area contributed by atoms with E-state index < -0.39 is 0 Å². The SMILES string of the molecule is COc1cc2ncnc(Nc3ccc(NC(=O)CC4CCCC4)cc3)c2cc1OC. The van der Waals surface area contributed by atoms with Crippen LogP contribution in [0.15, 0.2) is 42.7 Å². The Balaban J connectivity index is 1.47. The molecule has 1 aliphatic carbocycles. The van der Waals surface area contributed by atoms with Crippen LogP contribution < -0.4 is 20.1 Å². The van der Waals surface area contributed by atoms with Crippen molar-refractivity contribution in [2.75, 3.05) is 24.9 Å². The Labute approximate surface area is 175 Å². The molecule has 3 aromatic rings. The average molecular weight is 406 g/mol. The minimum atomic E-state index is 0.0884. The Kier molecular flexibility index (Phi) is 5.97. The van der Waals surface area contributed by atoms with Crippen LogP contribution in [-0.4, -0.2) is 30.1 Å². The largest absolute Gasteiger partial charge is 0.493 e. The molecule has 1 saturated carbocycles. The second-order valence-corrected chi connectivity index (χ2v) is 7.55. The molecule has 1 aliphatic rings. The van der Waals surface area contributed by atoms with E-state index in [1.807, 2.05) is 36.4 Å². The molecule has 2 aromatic carbocycles. The molecule has 0 atom stereocenters. The molecule has 4 rings (SSSR count). The minimum absolute atomic E-state index is 0.0884. The van der Waals surface area contributed by atoms with Crippen molar-refractivity contribution in [2.24, 2.45) is 5.92 Å². The molecule has 0 aliphatic heterocycles. The number of benzene rings is 2. The molecule has 0 unspecified atom stereocenters. The fourth-order valence-electron chi connectivity index (χ4n) is 3.94. The molecule has 7 nitrogen and oxygen atoms in total. The van der Waals surface area contributed by atoms with Crippen molar-refractivity contribution in [1.29, 1.82) is 0 Å². The summed E-state index contributed by atoms with van der Waals surface area (Å²) in [4.78, 5) is 20.9. The number of ether oxygens (including phenoxy) is 2. The number of nitrogens with zero attached hydrogens (tertiary/aromatic N) is 2. The topological polar surface area (TPSA) is 85.4 Å². The predicted molar refractivity (Wildman–Crippen MR) is 118 cm³/mol. The Hall–Kier alpha value is -3.35. The highest BCUT2D eigenvalue weighted by Crippen LogP contribution is 2.34. The maximum absolute atomic E-state index is 12.2. The number of anilines is 3. The molecule has 0 spiro atoms. The first-order valence-corrected chi connectivity index (χ1v) is 10.2. The molecular formula is C23H26N4O3. The molecule has 1 fully saturated rings. The Bertz CT molecular complexity index is 1030. The van der Waals surface area contributed by atoms with Crippen molar-refractivity contribution >= 4 is 34.0 Å². The smallest absolute Gasteiger partial charge is 0.224 e. The highest BCUT2D eigenvalue weighted by atomic mass is 16.5. The highest BCUT2D eigenvalue weighted by Gasteiger charge is 2.18. The van der Waals surface area contributed by atoms with Crippen LogP contribution in [0.4, 0.5) is 17.2 Å². The zero-order valence-electron chi connectivity index (χ0n) is 17.3. The van der Waals surface area contributed by atoms with Gasteiger partial charge in [0.05, 0.1) is 19.7 Å². The van der Waals surface area contributed by atoms with Gasteiger partial charge in [0.25, 0.3) is 0 Å². The van der Waals surface area contributed by atoms with Crippen molar-refractivity contribution in [3.05, 3.63) is 42.7 Å². The van der Waals surface area contributed by atoms with E-state index >= 15 is 0 Å². The van der Waals surface area contributed by atoms with Crippen molar-refractivity contribution in [3.63, 3.8) is 0 Å². The second kappa shape index (κ2) is 8.98. The number of amides is 1. The van der Waals surface area contributed by atoms with Crippen LogP contribution in [0.5, 0.6) is 11.5 Å². The molecular weight excluding hydrogens is 380 g/mol. The number of carbonyl (C=O) groups is 1. The van der Waals surface area contributed by atoms with Gasteiger partial charge in [0.1, 0.15) is 12.1 Å². The first-order valence-electron chi connectivity index (χ1n) is 10.2. The lowest BCUT2D eigenvalue weighted by Crippen LogP contribution is -2.15. The molecule has 0 radical (unpaired) electrons. The van der Waals surface area contributed by atoms with Gasteiger partial charge in [-0.3, -0.25) is 4.79 Å². The van der Waals surface area contributed by atoms with Gasteiger partial charge in [-0.1, -0.05) is 12.8 Å². The van der Waals surface area contributed by atoms with Crippen LogP contribution in [-0.2, 0) is 4.79 Å². The summed E-state index contributed by atoms with van der Waals surface area (Å²) < 4.78 is 10.7. The third-order valence-electron chi connectivity index (χ3n) is 5.52. The quantitative estimate of drug-likeness (QED) is 0.580. The van der Waals surface area contributed by atoms with Crippen molar-refractivity contribution in [3.8, 4) is 11.5 Å². The van der Waals surface area contributed by atoms with Crippen molar-refractivity contribution < 1.29 is 14.3 Å². The maximum atomic E-state index is 12.2. The van der Waals surface area contributed by atoms with E-state index in [1.54, 1.807) is 14.2 Å². The van der Waals surface area contributed by atoms with Gasteiger partial charge in [-0.25, -0.2) is 9.97 Å². The van der Waals surface area contributed by atoms with Gasteiger partial charge in [0, 0.05) is 29.2 Å². The molecule has 156 valence electrons. The molecule has 0 bridgehead atoms. The zero-order chi connectivity index (χ0) is 20.9. The van der Waals surface area contributed by atoms with Crippen molar-refractivity contribution in [2.45, 2.75) is 32.1 Å². The van der Waals surface area contributed by atoms with Crippen LogP contribution in [0.1, 0.15) is 32.1 Å². The molecule has 2 N–H and O–H groups in total. The summed E-state index contributed by atoms with van der Waals surface area (Å²) in [5.74, 6) is 2.52. The monoisotopic (exact) mass is 406 g/mol. The van der Waals surface area contributed by atoms with Gasteiger partial charge in [-0.05, 0) is 49.1 Å². The van der Waals surface area contributed by atoms with Crippen LogP contribution in [0.25, 0.3) is 10.9 Å². The van der Waals surface area contributed by atoms with Gasteiger partial charge in [-0.15, -0.1) is 0 Å². The van der Waals surface area contributed by atoms with E-state index in [2.05, 4.69) is 20.6 Å². The van der Waals surface area contributed by atoms with Gasteiger partial charge >= 0.3 is 0 Å². The number of aromatic nitrogens is 2. The molecule has 1 amide bonds. The van der Waals surface area contributed by atoms with E-state index in [4.69, 9.17) is 9.47 Å². The number of methoxy groups -OCH3 is 2. The summed E-state index contributed by atoms with van der Waals surface area (Å²) in [5.41, 5.74) is 2.40. The van der Waals surface area contributed by atoms with Gasteiger partial charge in [0.2, 0.25) is 5.91 Å². The number of fused-ring (bicyclic) bond motifs is 1. The summed E-state index contributed by atoms with van der Waals surface area (Å²) in [6.45, 7) is 0. The predicted octanol–water partition coefficient (Wildman–Crippen LogP) is 4.91. The number of rotatable bonds is 7. The number of nitrogens with one attached hydrogen (secondary N) is 2. The Morgan fingerprint density at radius 1 is 1.00 bits per heavy atom. The van der Waals surface area contributed by atoms with Crippen molar-refractivity contribution in [1.82, 2.24) is 9.97 Å². The standard InChI is InChI=1S/C23H26N4O3/c1-29-20-12-18-19(13-21(20)30-2)24-14-25-23(18)27-17-9-7-16(8-10-17)26-22(28)11-15-5-3-4-6-15/h7-10,12-15H,3-6,11H2,1-2H3,(H,26,28)(H,24,25,27). The third kappa shape index (κ3) is 4.45. The Morgan fingerprint density at radius 2 is 1.67 bits per heavy atom. The van der Waals surface area contributed by atoms with E-state index in [1.165, 1.54) is 32.0 Å². The molecule has 0 saturated heterocycles. The van der Waals surface area contributed by atoms with Crippen LogP contribution in [0.2, 0.25) is 0 Å². The molecule has 30 heavy (non-hydrogen) atoms. The lowest BCUT2D eigenvalue weighted by molar-refractivity contribution is -0.117. The summed E-state index contributed by atoms with van der Waals surface area (Å²) in [6, 6.07) is 11.3. The van der Waals surface area contributed by atoms with Crippen LogP contribution >= 0.6 is 0 Å². The maximum Gasteiger partial charge on any atom is 0.224 e. The van der Waals surface area contributed by atoms with E-state index in [0.717, 1.165) is 22.3 Å². The van der Waals surface area contributed by atoms with Gasteiger partial charge in [0.15, 0.2) is 11.5 Å².